The third kappa shape index (κ3) is 6.28. The van der Waals surface area contributed by atoms with Crippen molar-refractivity contribution in [2.24, 2.45) is 10.7 Å². The monoisotopic (exact) mass is 534 g/mol. The molecule has 192 valence electrons. The molecule has 0 radical (unpaired) electrons. The predicted octanol–water partition coefficient (Wildman–Crippen LogP) is 1.41. The summed E-state index contributed by atoms with van der Waals surface area (Å²) in [6.45, 7) is 5.57. The second-order valence-electron chi connectivity index (χ2n) is 8.53. The van der Waals surface area contributed by atoms with Gasteiger partial charge in [0, 0.05) is 49.4 Å². The lowest BCUT2D eigenvalue weighted by atomic mass is 10.1. The van der Waals surface area contributed by atoms with Gasteiger partial charge >= 0.3 is 0 Å². The molecule has 2 fully saturated rings. The number of amides is 1. The van der Waals surface area contributed by atoms with Gasteiger partial charge < -0.3 is 29.7 Å². The van der Waals surface area contributed by atoms with Crippen molar-refractivity contribution >= 4 is 47.5 Å². The van der Waals surface area contributed by atoms with Crippen LogP contribution in [0.15, 0.2) is 47.5 Å². The molecule has 2 aromatic rings. The molecule has 2 unspecified atom stereocenters. The van der Waals surface area contributed by atoms with Crippen LogP contribution in [0, 0.1) is 0 Å². The Labute approximate surface area is 220 Å². The lowest BCUT2D eigenvalue weighted by Gasteiger charge is -2.35. The van der Waals surface area contributed by atoms with Crippen LogP contribution >= 0.6 is 23.2 Å². The maximum Gasteiger partial charge on any atom is 0.281 e. The van der Waals surface area contributed by atoms with Crippen LogP contribution in [0.5, 0.6) is 5.75 Å². The minimum absolute atomic E-state index is 0.122. The van der Waals surface area contributed by atoms with Crippen molar-refractivity contribution in [3.63, 3.8) is 0 Å². The minimum atomic E-state index is -1.14. The molecule has 2 aliphatic heterocycles. The van der Waals surface area contributed by atoms with E-state index in [1.807, 2.05) is 29.2 Å². The van der Waals surface area contributed by atoms with Gasteiger partial charge in [0.15, 0.2) is 0 Å². The molecular formula is C25H30Cl2N5O4+. The fourth-order valence-corrected chi connectivity index (χ4v) is 4.82. The zero-order chi connectivity index (χ0) is 25.5. The molecule has 2 aromatic carbocycles. The number of nitrogens with zero attached hydrogens (tertiary/aromatic N) is 3. The fraction of sp³-hybridized carbons (Fsp3) is 0.400. The standard InChI is InChI=1S/C25H29Cl2N5O4/c1-18(33)31-8-10-32(11-9-31)20-3-5-21(6-4-20)34-13-22-14-35-25(36-22,15-29-17-30-16-28)23-7-2-19(26)12-24(23)27/h2-7,12,16-17,22H,8-11,13-15H2,1H3,(H2,28,29,30)/p+1. The average molecular weight is 535 g/mol. The first-order valence-corrected chi connectivity index (χ1v) is 12.4. The lowest BCUT2D eigenvalue weighted by molar-refractivity contribution is -0.499. The van der Waals surface area contributed by atoms with E-state index in [-0.39, 0.29) is 18.6 Å². The first-order valence-electron chi connectivity index (χ1n) is 11.7. The molecule has 9 nitrogen and oxygen atoms in total. The highest BCUT2D eigenvalue weighted by Gasteiger charge is 2.46. The third-order valence-electron chi connectivity index (χ3n) is 6.15. The molecule has 0 aromatic heterocycles. The van der Waals surface area contributed by atoms with Gasteiger partial charge in [0.2, 0.25) is 18.0 Å². The van der Waals surface area contributed by atoms with Crippen molar-refractivity contribution in [2.75, 3.05) is 50.8 Å². The molecule has 2 aliphatic rings. The first-order chi connectivity index (χ1) is 17.4. The van der Waals surface area contributed by atoms with Crippen LogP contribution in [0.2, 0.25) is 10.0 Å². The average Bonchev–Trinajstić information content (AvgIpc) is 3.30. The summed E-state index contributed by atoms with van der Waals surface area (Å²) in [5.74, 6) is -0.283. The molecule has 0 saturated carbocycles. The Morgan fingerprint density at radius 3 is 2.64 bits per heavy atom. The summed E-state index contributed by atoms with van der Waals surface area (Å²) in [6.07, 6.45) is 2.32. The van der Waals surface area contributed by atoms with E-state index in [0.717, 1.165) is 37.6 Å². The number of carbonyl (C=O) groups excluding carboxylic acids is 1. The van der Waals surface area contributed by atoms with Crippen LogP contribution in [-0.2, 0) is 20.1 Å². The van der Waals surface area contributed by atoms with Crippen molar-refractivity contribution in [2.45, 2.75) is 18.8 Å². The van der Waals surface area contributed by atoms with Crippen molar-refractivity contribution < 1.29 is 24.0 Å². The van der Waals surface area contributed by atoms with Crippen LogP contribution in [0.3, 0.4) is 0 Å². The zero-order valence-electron chi connectivity index (χ0n) is 20.0. The van der Waals surface area contributed by atoms with Gasteiger partial charge in [-0.3, -0.25) is 9.79 Å². The Morgan fingerprint density at radius 2 is 1.97 bits per heavy atom. The number of hydrogen-bond donors (Lipinski definition) is 2. The number of halogens is 2. The van der Waals surface area contributed by atoms with Crippen molar-refractivity contribution in [3.8, 4) is 5.75 Å². The quantitative estimate of drug-likeness (QED) is 0.392. The molecule has 36 heavy (non-hydrogen) atoms. The van der Waals surface area contributed by atoms with E-state index in [0.29, 0.717) is 28.8 Å². The maximum atomic E-state index is 11.5. The number of carbonyl (C=O) groups is 1. The maximum absolute atomic E-state index is 11.5. The Kier molecular flexibility index (Phi) is 8.68. The van der Waals surface area contributed by atoms with Gasteiger partial charge in [0.05, 0.1) is 11.6 Å². The second-order valence-corrected chi connectivity index (χ2v) is 9.38. The minimum Gasteiger partial charge on any atom is -0.491 e. The number of aliphatic imine (C=N–C) groups is 1. The number of nitrogens with two attached hydrogens (primary N) is 1. The van der Waals surface area contributed by atoms with Gasteiger partial charge in [-0.05, 0) is 41.4 Å². The molecule has 2 saturated heterocycles. The fourth-order valence-electron chi connectivity index (χ4n) is 4.27. The van der Waals surface area contributed by atoms with Gasteiger partial charge in [0.25, 0.3) is 6.34 Å². The molecule has 0 bridgehead atoms. The number of hydrogen-bond acceptors (Lipinski definition) is 5. The van der Waals surface area contributed by atoms with Gasteiger partial charge in [-0.15, -0.1) is 0 Å². The van der Waals surface area contributed by atoms with Crippen molar-refractivity contribution in [1.29, 1.82) is 0 Å². The zero-order valence-corrected chi connectivity index (χ0v) is 21.5. The number of nitrogens with one attached hydrogen (secondary N) is 1. The summed E-state index contributed by atoms with van der Waals surface area (Å²) in [6, 6.07) is 13.1. The topological polar surface area (TPSA) is 104 Å². The number of benzene rings is 2. The van der Waals surface area contributed by atoms with E-state index in [1.54, 1.807) is 25.1 Å². The van der Waals surface area contributed by atoms with Crippen LogP contribution in [0.25, 0.3) is 0 Å². The SMILES string of the molecule is CC(=O)N1CCN(c2ccc(OCC3COC(C[NH+]=CN=CN)(c4ccc(Cl)cc4Cl)O3)cc2)CC1. The molecule has 2 atom stereocenters. The Balaban J connectivity index is 1.37. The summed E-state index contributed by atoms with van der Waals surface area (Å²) in [5, 5.41) is 0.959. The first kappa shape index (κ1) is 26.2. The van der Waals surface area contributed by atoms with E-state index in [9.17, 15) is 4.79 Å². The van der Waals surface area contributed by atoms with E-state index in [1.165, 1.54) is 12.7 Å². The predicted molar refractivity (Wildman–Crippen MR) is 140 cm³/mol. The summed E-state index contributed by atoms with van der Waals surface area (Å²) < 4.78 is 18.5. The number of piperazine rings is 1. The largest absolute Gasteiger partial charge is 0.491 e. The van der Waals surface area contributed by atoms with E-state index in [4.69, 9.17) is 43.1 Å². The van der Waals surface area contributed by atoms with Crippen LogP contribution in [0.1, 0.15) is 12.5 Å². The highest BCUT2D eigenvalue weighted by atomic mass is 35.5. The van der Waals surface area contributed by atoms with Gasteiger partial charge in [-0.25, -0.2) is 0 Å². The summed E-state index contributed by atoms with van der Waals surface area (Å²) in [4.78, 5) is 22.6. The lowest BCUT2D eigenvalue weighted by Crippen LogP contribution is -2.74. The number of rotatable bonds is 8. The van der Waals surface area contributed by atoms with E-state index >= 15 is 0 Å². The normalized spacial score (nSPS) is 22.6. The van der Waals surface area contributed by atoms with Crippen LogP contribution in [0.4, 0.5) is 5.69 Å². The smallest absolute Gasteiger partial charge is 0.281 e. The number of ether oxygens (including phenoxy) is 3. The summed E-state index contributed by atoms with van der Waals surface area (Å²) in [7, 11) is 0. The second kappa shape index (κ2) is 11.9. The molecule has 0 aliphatic carbocycles. The van der Waals surface area contributed by atoms with Gasteiger partial charge in [-0.2, -0.15) is 0 Å². The molecule has 11 heteroatoms. The molecule has 0 spiro atoms. The van der Waals surface area contributed by atoms with Crippen molar-refractivity contribution in [3.05, 3.63) is 58.1 Å². The number of anilines is 1. The molecule has 1 amide bonds. The Bertz CT molecular complexity index is 1110. The molecular weight excluding hydrogens is 505 g/mol. The van der Waals surface area contributed by atoms with Gasteiger partial charge in [0.1, 0.15) is 25.0 Å². The highest BCUT2D eigenvalue weighted by molar-refractivity contribution is 6.35. The summed E-state index contributed by atoms with van der Waals surface area (Å²) in [5.41, 5.74) is 7.06. The van der Waals surface area contributed by atoms with Crippen LogP contribution in [-0.4, -0.2) is 75.5 Å². The van der Waals surface area contributed by atoms with E-state index < -0.39 is 5.79 Å². The Hall–Kier alpha value is -2.85. The molecule has 4 rings (SSSR count). The van der Waals surface area contributed by atoms with E-state index in [2.05, 4.69) is 14.9 Å². The van der Waals surface area contributed by atoms with Crippen LogP contribution < -0.4 is 20.4 Å². The Morgan fingerprint density at radius 1 is 1.22 bits per heavy atom. The third-order valence-corrected chi connectivity index (χ3v) is 6.70. The van der Waals surface area contributed by atoms with Gasteiger partial charge in [-0.1, -0.05) is 29.3 Å². The van der Waals surface area contributed by atoms with Crippen molar-refractivity contribution in [1.82, 2.24) is 4.90 Å². The molecule has 2 heterocycles. The molecule has 3 N–H and O–H groups in total. The summed E-state index contributed by atoms with van der Waals surface area (Å²) >= 11 is 12.6. The highest BCUT2D eigenvalue weighted by Crippen LogP contribution is 2.38.